The number of hydrogen-bond acceptors (Lipinski definition) is 2. The molecule has 1 aromatic carbocycles. The fourth-order valence-corrected chi connectivity index (χ4v) is 2.06. The summed E-state index contributed by atoms with van der Waals surface area (Å²) in [4.78, 5) is 0. The summed E-state index contributed by atoms with van der Waals surface area (Å²) in [5.74, 6) is -0.146. The third-order valence-corrected chi connectivity index (χ3v) is 3.68. The molecule has 0 aliphatic heterocycles. The Balaban J connectivity index is 2.32. The van der Waals surface area contributed by atoms with Crippen LogP contribution in [0.25, 0.3) is 0 Å². The van der Waals surface area contributed by atoms with Crippen molar-refractivity contribution in [2.45, 2.75) is 53.0 Å². The summed E-state index contributed by atoms with van der Waals surface area (Å²) in [5, 5.41) is 12.3. The summed E-state index contributed by atoms with van der Waals surface area (Å²) in [6, 6.07) is 7.85. The van der Waals surface area contributed by atoms with Gasteiger partial charge in [-0.1, -0.05) is 18.6 Å². The lowest BCUT2D eigenvalue weighted by molar-refractivity contribution is 0.417. The van der Waals surface area contributed by atoms with Crippen LogP contribution in [0.1, 0.15) is 57.2 Å². The van der Waals surface area contributed by atoms with Crippen molar-refractivity contribution in [3.05, 3.63) is 35.1 Å². The second-order valence-electron chi connectivity index (χ2n) is 6.14. The van der Waals surface area contributed by atoms with Crippen LogP contribution in [0, 0.1) is 29.5 Å². The minimum absolute atomic E-state index is 0.146. The molecule has 0 aliphatic carbocycles. The smallest absolute Gasteiger partial charge is 0.126 e. The molecular formula is C17H25FN2. The van der Waals surface area contributed by atoms with Gasteiger partial charge >= 0.3 is 0 Å². The Kier molecular flexibility index (Phi) is 6.16. The van der Waals surface area contributed by atoms with Crippen LogP contribution in [0.2, 0.25) is 0 Å². The average Bonchev–Trinajstić information content (AvgIpc) is 2.41. The fraction of sp³-hybridized carbons (Fsp3) is 0.588. The Morgan fingerprint density at radius 3 is 2.65 bits per heavy atom. The maximum atomic E-state index is 13.5. The number of unbranched alkanes of at least 4 members (excludes halogenated alkanes) is 1. The van der Waals surface area contributed by atoms with E-state index < -0.39 is 0 Å². The number of halogens is 1. The molecule has 0 amide bonds. The largest absolute Gasteiger partial charge is 0.310 e. The molecule has 0 radical (unpaired) electrons. The molecule has 0 saturated carbocycles. The van der Waals surface area contributed by atoms with Crippen molar-refractivity contribution in [3.8, 4) is 6.07 Å². The minimum atomic E-state index is -0.230. The molecule has 0 saturated heterocycles. The van der Waals surface area contributed by atoms with E-state index >= 15 is 0 Å². The van der Waals surface area contributed by atoms with Crippen molar-refractivity contribution >= 4 is 0 Å². The van der Waals surface area contributed by atoms with Crippen molar-refractivity contribution in [2.75, 3.05) is 6.54 Å². The van der Waals surface area contributed by atoms with Gasteiger partial charge in [-0.25, -0.2) is 4.39 Å². The van der Waals surface area contributed by atoms with Gasteiger partial charge in [0.05, 0.1) is 11.5 Å². The Morgan fingerprint density at radius 2 is 2.05 bits per heavy atom. The van der Waals surface area contributed by atoms with E-state index in [9.17, 15) is 4.39 Å². The monoisotopic (exact) mass is 276 g/mol. The van der Waals surface area contributed by atoms with Gasteiger partial charge in [-0.15, -0.1) is 0 Å². The molecule has 0 heterocycles. The second kappa shape index (κ2) is 7.40. The van der Waals surface area contributed by atoms with Gasteiger partial charge in [-0.3, -0.25) is 0 Å². The van der Waals surface area contributed by atoms with Crippen LogP contribution in [0.3, 0.4) is 0 Å². The fourth-order valence-electron chi connectivity index (χ4n) is 2.06. The van der Waals surface area contributed by atoms with Crippen LogP contribution in [0.5, 0.6) is 0 Å². The lowest BCUT2D eigenvalue weighted by Crippen LogP contribution is -2.20. The molecule has 0 aliphatic rings. The molecule has 3 heteroatoms. The Hall–Kier alpha value is -1.40. The van der Waals surface area contributed by atoms with Crippen LogP contribution in [0.4, 0.5) is 4.39 Å². The number of benzene rings is 1. The molecule has 0 aromatic heterocycles. The summed E-state index contributed by atoms with van der Waals surface area (Å²) >= 11 is 0. The van der Waals surface area contributed by atoms with E-state index in [4.69, 9.17) is 5.26 Å². The van der Waals surface area contributed by atoms with Gasteiger partial charge in [0.2, 0.25) is 0 Å². The van der Waals surface area contributed by atoms with Gasteiger partial charge in [-0.05, 0) is 64.3 Å². The molecule has 0 spiro atoms. The topological polar surface area (TPSA) is 35.8 Å². The highest BCUT2D eigenvalue weighted by Crippen LogP contribution is 2.21. The zero-order valence-electron chi connectivity index (χ0n) is 13.0. The summed E-state index contributed by atoms with van der Waals surface area (Å²) in [6.07, 6.45) is 2.98. The number of nitrogens with zero attached hydrogens (tertiary/aromatic N) is 1. The van der Waals surface area contributed by atoms with Crippen molar-refractivity contribution in [1.29, 1.82) is 5.26 Å². The number of rotatable bonds is 7. The van der Waals surface area contributed by atoms with E-state index in [0.29, 0.717) is 5.56 Å². The summed E-state index contributed by atoms with van der Waals surface area (Å²) in [6.45, 7) is 8.64. The van der Waals surface area contributed by atoms with Crippen molar-refractivity contribution in [2.24, 2.45) is 5.41 Å². The van der Waals surface area contributed by atoms with Crippen LogP contribution in [0.15, 0.2) is 18.2 Å². The number of nitrogens with one attached hydrogen (secondary N) is 1. The SMILES string of the molecule is Cc1ccc(C(C)NCCCCC(C)(C)C#N)cc1F. The van der Waals surface area contributed by atoms with Gasteiger partial charge in [0.25, 0.3) is 0 Å². The lowest BCUT2D eigenvalue weighted by Gasteiger charge is -2.17. The molecule has 0 bridgehead atoms. The number of hydrogen-bond donors (Lipinski definition) is 1. The highest BCUT2D eigenvalue weighted by Gasteiger charge is 2.15. The summed E-state index contributed by atoms with van der Waals surface area (Å²) in [5.41, 5.74) is 1.43. The minimum Gasteiger partial charge on any atom is -0.310 e. The predicted molar refractivity (Wildman–Crippen MR) is 80.8 cm³/mol. The predicted octanol–water partition coefficient (Wildman–Crippen LogP) is 4.50. The van der Waals surface area contributed by atoms with E-state index in [-0.39, 0.29) is 17.3 Å². The van der Waals surface area contributed by atoms with Crippen LogP contribution >= 0.6 is 0 Å². The second-order valence-corrected chi connectivity index (χ2v) is 6.14. The lowest BCUT2D eigenvalue weighted by atomic mass is 9.89. The van der Waals surface area contributed by atoms with Crippen LogP contribution in [-0.4, -0.2) is 6.54 Å². The van der Waals surface area contributed by atoms with Gasteiger partial charge in [0.1, 0.15) is 5.82 Å². The Labute approximate surface area is 122 Å². The molecule has 1 N–H and O–H groups in total. The van der Waals surface area contributed by atoms with E-state index in [1.165, 1.54) is 0 Å². The molecular weight excluding hydrogens is 251 g/mol. The standard InChI is InChI=1S/C17H25FN2/c1-13-7-8-15(11-16(13)18)14(2)20-10-6-5-9-17(3,4)12-19/h7-8,11,14,20H,5-6,9-10H2,1-4H3. The number of aryl methyl sites for hydroxylation is 1. The zero-order chi connectivity index (χ0) is 15.2. The first-order valence-electron chi connectivity index (χ1n) is 7.26. The van der Waals surface area contributed by atoms with Gasteiger partial charge in [0.15, 0.2) is 0 Å². The Morgan fingerprint density at radius 1 is 1.35 bits per heavy atom. The first kappa shape index (κ1) is 16.7. The molecule has 0 fully saturated rings. The molecule has 1 aromatic rings. The van der Waals surface area contributed by atoms with Gasteiger partial charge in [0, 0.05) is 6.04 Å². The van der Waals surface area contributed by atoms with Crippen molar-refractivity contribution in [3.63, 3.8) is 0 Å². The Bertz CT molecular complexity index is 474. The van der Waals surface area contributed by atoms with Crippen molar-refractivity contribution < 1.29 is 4.39 Å². The van der Waals surface area contributed by atoms with E-state index in [1.54, 1.807) is 13.0 Å². The maximum Gasteiger partial charge on any atom is 0.126 e. The third kappa shape index (κ3) is 5.30. The van der Waals surface area contributed by atoms with Crippen molar-refractivity contribution in [1.82, 2.24) is 5.32 Å². The first-order chi connectivity index (χ1) is 9.35. The van der Waals surface area contributed by atoms with E-state index in [0.717, 1.165) is 31.4 Å². The summed E-state index contributed by atoms with van der Waals surface area (Å²) in [7, 11) is 0. The summed E-state index contributed by atoms with van der Waals surface area (Å²) < 4.78 is 13.5. The number of nitriles is 1. The highest BCUT2D eigenvalue weighted by atomic mass is 19.1. The molecule has 1 atom stereocenters. The quantitative estimate of drug-likeness (QED) is 0.744. The molecule has 110 valence electrons. The molecule has 1 unspecified atom stereocenters. The highest BCUT2D eigenvalue weighted by molar-refractivity contribution is 5.25. The normalized spacial score (nSPS) is 13.0. The van der Waals surface area contributed by atoms with Gasteiger partial charge < -0.3 is 5.32 Å². The van der Waals surface area contributed by atoms with Crippen LogP contribution in [-0.2, 0) is 0 Å². The molecule has 20 heavy (non-hydrogen) atoms. The maximum absolute atomic E-state index is 13.5. The zero-order valence-corrected chi connectivity index (χ0v) is 13.0. The van der Waals surface area contributed by atoms with E-state index in [2.05, 4.69) is 11.4 Å². The average molecular weight is 276 g/mol. The third-order valence-electron chi connectivity index (χ3n) is 3.68. The van der Waals surface area contributed by atoms with E-state index in [1.807, 2.05) is 32.9 Å². The van der Waals surface area contributed by atoms with Crippen LogP contribution < -0.4 is 5.32 Å². The molecule has 2 nitrogen and oxygen atoms in total. The molecule has 1 rings (SSSR count). The first-order valence-corrected chi connectivity index (χ1v) is 7.26. The van der Waals surface area contributed by atoms with Gasteiger partial charge in [-0.2, -0.15) is 5.26 Å².